The van der Waals surface area contributed by atoms with Crippen molar-refractivity contribution in [2.45, 2.75) is 20.0 Å². The number of imidazole rings is 1. The zero-order valence-electron chi connectivity index (χ0n) is 9.86. The van der Waals surface area contributed by atoms with E-state index in [0.29, 0.717) is 6.54 Å². The largest absolute Gasteiger partial charge is 0.345 e. The van der Waals surface area contributed by atoms with Crippen molar-refractivity contribution in [2.75, 3.05) is 20.1 Å². The van der Waals surface area contributed by atoms with Gasteiger partial charge in [0.25, 0.3) is 0 Å². The lowest BCUT2D eigenvalue weighted by Gasteiger charge is -2.14. The molecule has 0 atom stereocenters. The van der Waals surface area contributed by atoms with Crippen LogP contribution in [0.4, 0.5) is 8.78 Å². The van der Waals surface area contributed by atoms with Crippen LogP contribution < -0.4 is 5.32 Å². The number of hydrogen-bond donors (Lipinski definition) is 1. The zero-order valence-corrected chi connectivity index (χ0v) is 9.86. The number of halogens is 2. The van der Waals surface area contributed by atoms with E-state index in [1.165, 1.54) is 12.4 Å². The Morgan fingerprint density at radius 3 is 2.94 bits per heavy atom. The summed E-state index contributed by atoms with van der Waals surface area (Å²) < 4.78 is 25.7. The number of hydrogen-bond acceptors (Lipinski definition) is 3. The maximum Gasteiger partial charge on any atom is 0.319 e. The van der Waals surface area contributed by atoms with Crippen LogP contribution in [0.2, 0.25) is 0 Å². The number of aromatic nitrogens is 2. The SMILES string of the molecule is CCN(C)C(=O)CNCc1nccn1C(F)F. The molecule has 96 valence electrons. The molecule has 0 fully saturated rings. The van der Waals surface area contributed by atoms with E-state index < -0.39 is 6.55 Å². The highest BCUT2D eigenvalue weighted by atomic mass is 19.3. The minimum absolute atomic E-state index is 0.0809. The number of nitrogens with zero attached hydrogens (tertiary/aromatic N) is 3. The third-order valence-corrected chi connectivity index (χ3v) is 2.42. The minimum atomic E-state index is -2.61. The van der Waals surface area contributed by atoms with Crippen LogP contribution in [0.1, 0.15) is 19.3 Å². The fourth-order valence-electron chi connectivity index (χ4n) is 1.25. The standard InChI is InChI=1S/C10H16F2N4O/c1-3-15(2)9(17)7-13-6-8-14-4-5-16(8)10(11)12/h4-5,10,13H,3,6-7H2,1-2H3. The van der Waals surface area contributed by atoms with E-state index in [4.69, 9.17) is 0 Å². The summed E-state index contributed by atoms with van der Waals surface area (Å²) in [7, 11) is 1.68. The normalized spacial score (nSPS) is 10.9. The zero-order chi connectivity index (χ0) is 12.8. The topological polar surface area (TPSA) is 50.2 Å². The maximum atomic E-state index is 12.4. The Balaban J connectivity index is 2.41. The highest BCUT2D eigenvalue weighted by Crippen LogP contribution is 2.11. The molecule has 0 aliphatic carbocycles. The second kappa shape index (κ2) is 6.29. The molecule has 1 aromatic rings. The molecule has 0 unspecified atom stereocenters. The van der Waals surface area contributed by atoms with Gasteiger partial charge in [0.2, 0.25) is 5.91 Å². The summed E-state index contributed by atoms with van der Waals surface area (Å²) in [6, 6.07) is 0. The van der Waals surface area contributed by atoms with E-state index in [1.807, 2.05) is 6.92 Å². The van der Waals surface area contributed by atoms with Crippen molar-refractivity contribution in [2.24, 2.45) is 0 Å². The fraction of sp³-hybridized carbons (Fsp3) is 0.600. The lowest BCUT2D eigenvalue weighted by Crippen LogP contribution is -2.35. The fourth-order valence-corrected chi connectivity index (χ4v) is 1.25. The number of carbonyl (C=O) groups excluding carboxylic acids is 1. The number of nitrogens with one attached hydrogen (secondary N) is 1. The van der Waals surface area contributed by atoms with Crippen LogP contribution in [0.3, 0.4) is 0 Å². The van der Waals surface area contributed by atoms with Crippen molar-refractivity contribution in [1.29, 1.82) is 0 Å². The molecular formula is C10H16F2N4O. The van der Waals surface area contributed by atoms with Crippen LogP contribution in [0.5, 0.6) is 0 Å². The van der Waals surface area contributed by atoms with Crippen LogP contribution in [0, 0.1) is 0 Å². The Labute approximate surface area is 98.4 Å². The van der Waals surface area contributed by atoms with Gasteiger partial charge in [-0.2, -0.15) is 8.78 Å². The molecule has 0 bridgehead atoms. The van der Waals surface area contributed by atoms with Crippen molar-refractivity contribution < 1.29 is 13.6 Å². The number of likely N-dealkylation sites (N-methyl/N-ethyl adjacent to an activating group) is 1. The van der Waals surface area contributed by atoms with Gasteiger partial charge in [0.1, 0.15) is 5.82 Å². The van der Waals surface area contributed by atoms with Crippen LogP contribution in [-0.4, -0.2) is 40.5 Å². The van der Waals surface area contributed by atoms with Crippen molar-refractivity contribution in [3.8, 4) is 0 Å². The van der Waals surface area contributed by atoms with E-state index >= 15 is 0 Å². The van der Waals surface area contributed by atoms with Crippen molar-refractivity contribution in [1.82, 2.24) is 19.8 Å². The molecule has 0 saturated heterocycles. The Morgan fingerprint density at radius 2 is 2.35 bits per heavy atom. The summed E-state index contributed by atoms with van der Waals surface area (Å²) in [6.45, 7) is 0.123. The van der Waals surface area contributed by atoms with Crippen LogP contribution in [0.25, 0.3) is 0 Å². The second-order valence-corrected chi connectivity index (χ2v) is 3.54. The molecule has 0 aromatic carbocycles. The summed E-state index contributed by atoms with van der Waals surface area (Å²) in [4.78, 5) is 16.8. The van der Waals surface area contributed by atoms with Gasteiger partial charge >= 0.3 is 6.55 Å². The van der Waals surface area contributed by atoms with Crippen molar-refractivity contribution in [3.63, 3.8) is 0 Å². The molecule has 17 heavy (non-hydrogen) atoms. The van der Waals surface area contributed by atoms with Gasteiger partial charge in [-0.1, -0.05) is 0 Å². The van der Waals surface area contributed by atoms with E-state index in [0.717, 1.165) is 4.57 Å². The molecule has 5 nitrogen and oxygen atoms in total. The van der Waals surface area contributed by atoms with Crippen LogP contribution >= 0.6 is 0 Å². The smallest absolute Gasteiger partial charge is 0.319 e. The van der Waals surface area contributed by atoms with Gasteiger partial charge in [-0.05, 0) is 6.92 Å². The molecule has 0 spiro atoms. The van der Waals surface area contributed by atoms with Gasteiger partial charge in [-0.25, -0.2) is 4.98 Å². The third kappa shape index (κ3) is 3.77. The van der Waals surface area contributed by atoms with Crippen LogP contribution in [-0.2, 0) is 11.3 Å². The van der Waals surface area contributed by atoms with E-state index in [1.54, 1.807) is 11.9 Å². The summed E-state index contributed by atoms with van der Waals surface area (Å²) in [6.07, 6.45) is 2.52. The van der Waals surface area contributed by atoms with Crippen molar-refractivity contribution in [3.05, 3.63) is 18.2 Å². The highest BCUT2D eigenvalue weighted by Gasteiger charge is 2.11. The maximum absolute atomic E-state index is 12.4. The van der Waals surface area contributed by atoms with Gasteiger partial charge in [0, 0.05) is 26.0 Å². The van der Waals surface area contributed by atoms with Gasteiger partial charge in [0.15, 0.2) is 0 Å². The molecule has 7 heteroatoms. The first-order chi connectivity index (χ1) is 8.06. The molecule has 1 amide bonds. The average Bonchev–Trinajstić information content (AvgIpc) is 2.76. The first-order valence-electron chi connectivity index (χ1n) is 5.30. The summed E-state index contributed by atoms with van der Waals surface area (Å²) >= 11 is 0. The molecular weight excluding hydrogens is 230 g/mol. The monoisotopic (exact) mass is 246 g/mol. The van der Waals surface area contributed by atoms with E-state index in [2.05, 4.69) is 10.3 Å². The summed E-state index contributed by atoms with van der Waals surface area (Å²) in [5.74, 6) is 0.134. The molecule has 0 aliphatic heterocycles. The Morgan fingerprint density at radius 1 is 1.65 bits per heavy atom. The summed E-state index contributed by atoms with van der Waals surface area (Å²) in [5.41, 5.74) is 0. The Bertz CT molecular complexity index is 367. The molecule has 1 aromatic heterocycles. The van der Waals surface area contributed by atoms with Gasteiger partial charge in [-0.15, -0.1) is 0 Å². The molecule has 0 aliphatic rings. The first kappa shape index (κ1) is 13.6. The van der Waals surface area contributed by atoms with Gasteiger partial charge in [0.05, 0.1) is 13.1 Å². The molecule has 0 saturated carbocycles. The molecule has 0 radical (unpaired) electrons. The predicted octanol–water partition coefficient (Wildman–Crippen LogP) is 0.846. The Kier molecular flexibility index (Phi) is 5.02. The first-order valence-corrected chi connectivity index (χ1v) is 5.30. The molecule has 1 heterocycles. The average molecular weight is 246 g/mol. The third-order valence-electron chi connectivity index (χ3n) is 2.42. The molecule has 1 N–H and O–H groups in total. The Hall–Kier alpha value is -1.50. The lowest BCUT2D eigenvalue weighted by atomic mass is 10.4. The predicted molar refractivity (Wildman–Crippen MR) is 58.5 cm³/mol. The van der Waals surface area contributed by atoms with E-state index in [-0.39, 0.29) is 24.8 Å². The minimum Gasteiger partial charge on any atom is -0.345 e. The van der Waals surface area contributed by atoms with Crippen LogP contribution in [0.15, 0.2) is 12.4 Å². The van der Waals surface area contributed by atoms with Gasteiger partial charge in [-0.3, -0.25) is 9.36 Å². The van der Waals surface area contributed by atoms with E-state index in [9.17, 15) is 13.6 Å². The number of rotatable bonds is 6. The number of carbonyl (C=O) groups is 1. The van der Waals surface area contributed by atoms with Crippen molar-refractivity contribution >= 4 is 5.91 Å². The van der Waals surface area contributed by atoms with Gasteiger partial charge < -0.3 is 10.2 Å². The quantitative estimate of drug-likeness (QED) is 0.809. The highest BCUT2D eigenvalue weighted by molar-refractivity contribution is 5.77. The molecule has 1 rings (SSSR count). The second-order valence-electron chi connectivity index (χ2n) is 3.54. The summed E-state index contributed by atoms with van der Waals surface area (Å²) in [5, 5.41) is 2.79. The lowest BCUT2D eigenvalue weighted by molar-refractivity contribution is -0.128. The number of amides is 1. The number of alkyl halides is 2.